The van der Waals surface area contributed by atoms with Crippen LogP contribution in [-0.2, 0) is 14.9 Å². The third-order valence-corrected chi connectivity index (χ3v) is 2.79. The van der Waals surface area contributed by atoms with Gasteiger partial charge in [0.2, 0.25) is 0 Å². The molecule has 1 heterocycles. The highest BCUT2D eigenvalue weighted by Crippen LogP contribution is 2.20. The molecule has 5 atom stereocenters. The van der Waals surface area contributed by atoms with Gasteiger partial charge in [0.15, 0.2) is 6.29 Å². The number of hydrogen-bond donors (Lipinski definition) is 4. The van der Waals surface area contributed by atoms with Crippen LogP contribution in [0.4, 0.5) is 0 Å². The molecule has 1 rings (SSSR count). The quantitative estimate of drug-likeness (QED) is 0.363. The Morgan fingerprint density at radius 3 is 2.07 bits per heavy atom. The van der Waals surface area contributed by atoms with Crippen molar-refractivity contribution in [1.29, 1.82) is 0 Å². The van der Waals surface area contributed by atoms with Crippen molar-refractivity contribution in [3.05, 3.63) is 0 Å². The lowest BCUT2D eigenvalue weighted by Gasteiger charge is -2.38. The molecule has 0 spiro atoms. The van der Waals surface area contributed by atoms with Gasteiger partial charge in [-0.15, -0.1) is 0 Å². The summed E-state index contributed by atoms with van der Waals surface area (Å²) in [6, 6.07) is 0. The van der Waals surface area contributed by atoms with Gasteiger partial charge in [0.25, 0.3) is 0 Å². The molecule has 1 saturated heterocycles. The van der Waals surface area contributed by atoms with Gasteiger partial charge >= 0.3 is 0 Å². The Balaban J connectivity index is 2.75. The van der Waals surface area contributed by atoms with Gasteiger partial charge in [0, 0.05) is 0 Å². The minimum Gasteiger partial charge on any atom is -0.748 e. The summed E-state index contributed by atoms with van der Waals surface area (Å²) in [6.45, 7) is 0. The van der Waals surface area contributed by atoms with E-state index in [-0.39, 0.29) is 0 Å². The molecule has 0 aromatic rings. The average Bonchev–Trinajstić information content (AvgIpc) is 2.08. The number of aliphatic hydroxyl groups is 4. The van der Waals surface area contributed by atoms with Crippen molar-refractivity contribution in [3.63, 3.8) is 0 Å². The minimum atomic E-state index is -4.66. The van der Waals surface area contributed by atoms with Crippen LogP contribution in [-0.4, -0.2) is 69.9 Å². The monoisotopic (exact) mass is 243 g/mol. The molecule has 0 amide bonds. The lowest BCUT2D eigenvalue weighted by molar-refractivity contribution is -0.276. The predicted molar refractivity (Wildman–Crippen MR) is 43.5 cm³/mol. The second-order valence-corrected chi connectivity index (χ2v) is 4.71. The van der Waals surface area contributed by atoms with E-state index in [9.17, 15) is 18.1 Å². The maximum Gasteiger partial charge on any atom is 0.183 e. The van der Waals surface area contributed by atoms with Gasteiger partial charge in [0.1, 0.15) is 24.4 Å². The number of rotatable bonds is 2. The summed E-state index contributed by atoms with van der Waals surface area (Å²) in [5.41, 5.74) is 0. The van der Waals surface area contributed by atoms with E-state index in [1.54, 1.807) is 0 Å². The topological polar surface area (TPSA) is 147 Å². The van der Waals surface area contributed by atoms with Crippen molar-refractivity contribution in [2.75, 3.05) is 5.75 Å². The zero-order valence-corrected chi connectivity index (χ0v) is 8.24. The Kier molecular flexibility index (Phi) is 3.66. The Morgan fingerprint density at radius 2 is 1.60 bits per heavy atom. The highest BCUT2D eigenvalue weighted by atomic mass is 32.2. The molecule has 1 aliphatic rings. The van der Waals surface area contributed by atoms with Crippen molar-refractivity contribution in [2.45, 2.75) is 30.7 Å². The normalized spacial score (nSPS) is 42.9. The molecule has 15 heavy (non-hydrogen) atoms. The molecule has 8 nitrogen and oxygen atoms in total. The third-order valence-electron chi connectivity index (χ3n) is 2.06. The molecular formula is C6H11O8S-. The largest absolute Gasteiger partial charge is 0.748 e. The molecule has 0 aliphatic carbocycles. The van der Waals surface area contributed by atoms with Crippen LogP contribution in [0, 0.1) is 0 Å². The fraction of sp³-hybridized carbons (Fsp3) is 1.00. The molecule has 0 radical (unpaired) electrons. The van der Waals surface area contributed by atoms with Gasteiger partial charge in [-0.3, -0.25) is 0 Å². The Bertz CT molecular complexity index is 313. The van der Waals surface area contributed by atoms with E-state index in [4.69, 9.17) is 15.3 Å². The van der Waals surface area contributed by atoms with Crippen LogP contribution < -0.4 is 0 Å². The fourth-order valence-corrected chi connectivity index (χ4v) is 1.95. The molecule has 1 fully saturated rings. The molecule has 4 N–H and O–H groups in total. The highest BCUT2D eigenvalue weighted by molar-refractivity contribution is 7.85. The first kappa shape index (κ1) is 12.8. The van der Waals surface area contributed by atoms with Crippen molar-refractivity contribution in [3.8, 4) is 0 Å². The first-order valence-electron chi connectivity index (χ1n) is 4.03. The standard InChI is InChI=1S/C6H12O8S/c7-3-2(1-15(11,12)13)14-6(10)5(9)4(3)8/h2-10H,1H2,(H,11,12,13)/p-1/t2-,3+,4+,5-,6-/m1/s1. The second kappa shape index (κ2) is 4.29. The second-order valence-electron chi connectivity index (χ2n) is 3.26. The summed E-state index contributed by atoms with van der Waals surface area (Å²) in [4.78, 5) is 0. The Morgan fingerprint density at radius 1 is 1.07 bits per heavy atom. The number of hydrogen-bond acceptors (Lipinski definition) is 8. The average molecular weight is 243 g/mol. The van der Waals surface area contributed by atoms with Crippen LogP contribution in [0.25, 0.3) is 0 Å². The van der Waals surface area contributed by atoms with Gasteiger partial charge in [-0.1, -0.05) is 0 Å². The van der Waals surface area contributed by atoms with Crippen LogP contribution >= 0.6 is 0 Å². The van der Waals surface area contributed by atoms with Gasteiger partial charge in [-0.05, 0) is 0 Å². The molecule has 90 valence electrons. The maximum atomic E-state index is 10.4. The molecular weight excluding hydrogens is 232 g/mol. The number of ether oxygens (including phenoxy) is 1. The summed E-state index contributed by atoms with van der Waals surface area (Å²) in [5.74, 6) is -1.09. The van der Waals surface area contributed by atoms with E-state index in [1.165, 1.54) is 0 Å². The van der Waals surface area contributed by atoms with Crippen molar-refractivity contribution in [2.24, 2.45) is 0 Å². The van der Waals surface area contributed by atoms with Gasteiger partial charge in [-0.2, -0.15) is 0 Å². The summed E-state index contributed by atoms with van der Waals surface area (Å²) in [7, 11) is -4.66. The molecule has 0 aromatic carbocycles. The molecule has 9 heteroatoms. The predicted octanol–water partition coefficient (Wildman–Crippen LogP) is -3.67. The van der Waals surface area contributed by atoms with Crippen LogP contribution in [0.15, 0.2) is 0 Å². The SMILES string of the molecule is O=S(=O)([O-])C[C@H]1O[C@@H](O)[C@H](O)[C@@H](O)[C@H]1O. The molecule has 0 bridgehead atoms. The molecule has 0 unspecified atom stereocenters. The van der Waals surface area contributed by atoms with Gasteiger partial charge < -0.3 is 29.7 Å². The van der Waals surface area contributed by atoms with Crippen LogP contribution in [0.5, 0.6) is 0 Å². The van der Waals surface area contributed by atoms with Crippen LogP contribution in [0.1, 0.15) is 0 Å². The van der Waals surface area contributed by atoms with Crippen molar-refractivity contribution < 1.29 is 38.1 Å². The third kappa shape index (κ3) is 3.08. The molecule has 0 saturated carbocycles. The minimum absolute atomic E-state index is 1.09. The van der Waals surface area contributed by atoms with Crippen molar-refractivity contribution in [1.82, 2.24) is 0 Å². The summed E-state index contributed by atoms with van der Waals surface area (Å²) in [5, 5.41) is 36.4. The Hall–Kier alpha value is -0.290. The van der Waals surface area contributed by atoms with Gasteiger partial charge in [-0.25, -0.2) is 8.42 Å². The van der Waals surface area contributed by atoms with E-state index in [0.717, 1.165) is 0 Å². The molecule has 1 aliphatic heterocycles. The fourth-order valence-electron chi connectivity index (χ4n) is 1.27. The van der Waals surface area contributed by atoms with E-state index in [2.05, 4.69) is 4.74 Å². The van der Waals surface area contributed by atoms with Crippen molar-refractivity contribution >= 4 is 10.1 Å². The Labute approximate surface area is 85.5 Å². The maximum absolute atomic E-state index is 10.4. The lowest BCUT2D eigenvalue weighted by atomic mass is 10.0. The highest BCUT2D eigenvalue weighted by Gasteiger charge is 2.43. The van der Waals surface area contributed by atoms with E-state index in [1.807, 2.05) is 0 Å². The molecule has 0 aromatic heterocycles. The summed E-state index contributed by atoms with van der Waals surface area (Å²) in [6.07, 6.45) is -8.64. The summed E-state index contributed by atoms with van der Waals surface area (Å²) >= 11 is 0. The number of aliphatic hydroxyl groups excluding tert-OH is 4. The van der Waals surface area contributed by atoms with Crippen LogP contribution in [0.2, 0.25) is 0 Å². The summed E-state index contributed by atoms with van der Waals surface area (Å²) < 4.78 is 35.6. The first-order chi connectivity index (χ1) is 6.72. The zero-order valence-electron chi connectivity index (χ0n) is 7.42. The van der Waals surface area contributed by atoms with E-state index in [0.29, 0.717) is 0 Å². The zero-order chi connectivity index (χ0) is 11.8. The van der Waals surface area contributed by atoms with Crippen LogP contribution in [0.3, 0.4) is 0 Å². The smallest absolute Gasteiger partial charge is 0.183 e. The van der Waals surface area contributed by atoms with E-state index < -0.39 is 46.6 Å². The van der Waals surface area contributed by atoms with E-state index >= 15 is 0 Å². The first-order valence-corrected chi connectivity index (χ1v) is 5.61. The lowest BCUT2D eigenvalue weighted by Crippen LogP contribution is -2.59. The van der Waals surface area contributed by atoms with Gasteiger partial charge in [0.05, 0.1) is 15.9 Å².